The molecule has 3 unspecified atom stereocenters. The molecule has 0 saturated carbocycles. The lowest BCUT2D eigenvalue weighted by Gasteiger charge is -2.25. The van der Waals surface area contributed by atoms with Crippen molar-refractivity contribution in [3.63, 3.8) is 0 Å². The molecule has 3 atom stereocenters. The van der Waals surface area contributed by atoms with Gasteiger partial charge in [-0.05, 0) is 44.4 Å². The molecule has 0 spiro atoms. The highest BCUT2D eigenvalue weighted by Crippen LogP contribution is 2.27. The minimum absolute atomic E-state index is 0.591. The SMILES string of the molecule is CC(Cc1ccco1)N1CC2CCCNC2C1. The first-order chi connectivity index (χ1) is 8.33. The summed E-state index contributed by atoms with van der Waals surface area (Å²) in [6.07, 6.45) is 5.56. The molecule has 0 bridgehead atoms. The van der Waals surface area contributed by atoms with Crippen molar-refractivity contribution in [3.05, 3.63) is 24.2 Å². The Bertz CT molecular complexity index is 335. The predicted octanol–water partition coefficient (Wildman–Crippen LogP) is 1.89. The molecular formula is C14H22N2O. The molecule has 1 aromatic heterocycles. The molecule has 0 radical (unpaired) electrons. The summed E-state index contributed by atoms with van der Waals surface area (Å²) >= 11 is 0. The maximum Gasteiger partial charge on any atom is 0.105 e. The molecule has 0 aliphatic carbocycles. The van der Waals surface area contributed by atoms with Gasteiger partial charge >= 0.3 is 0 Å². The molecule has 3 heterocycles. The third-order valence-corrected chi connectivity index (χ3v) is 4.33. The Hall–Kier alpha value is -0.800. The van der Waals surface area contributed by atoms with E-state index in [9.17, 15) is 0 Å². The number of piperidine rings is 1. The van der Waals surface area contributed by atoms with Gasteiger partial charge in [0, 0.05) is 31.6 Å². The Morgan fingerprint density at radius 3 is 3.24 bits per heavy atom. The summed E-state index contributed by atoms with van der Waals surface area (Å²) < 4.78 is 5.44. The molecule has 3 nitrogen and oxygen atoms in total. The molecular weight excluding hydrogens is 212 g/mol. The largest absolute Gasteiger partial charge is 0.469 e. The van der Waals surface area contributed by atoms with Crippen molar-refractivity contribution >= 4 is 0 Å². The van der Waals surface area contributed by atoms with Crippen LogP contribution in [-0.4, -0.2) is 36.6 Å². The fourth-order valence-electron chi connectivity index (χ4n) is 3.29. The standard InChI is InChI=1S/C14H22N2O/c1-11(8-13-5-3-7-17-13)16-9-12-4-2-6-15-14(12)10-16/h3,5,7,11-12,14-15H,2,4,6,8-10H2,1H3. The predicted molar refractivity (Wildman–Crippen MR) is 68.0 cm³/mol. The number of fused-ring (bicyclic) bond motifs is 1. The first-order valence-corrected chi connectivity index (χ1v) is 6.83. The summed E-state index contributed by atoms with van der Waals surface area (Å²) in [5.74, 6) is 1.99. The van der Waals surface area contributed by atoms with Crippen LogP contribution in [0.1, 0.15) is 25.5 Å². The topological polar surface area (TPSA) is 28.4 Å². The molecule has 2 aliphatic heterocycles. The number of nitrogens with zero attached hydrogens (tertiary/aromatic N) is 1. The van der Waals surface area contributed by atoms with Crippen LogP contribution in [0.3, 0.4) is 0 Å². The van der Waals surface area contributed by atoms with Gasteiger partial charge in [-0.25, -0.2) is 0 Å². The highest BCUT2D eigenvalue weighted by Gasteiger charge is 2.35. The lowest BCUT2D eigenvalue weighted by Crippen LogP contribution is -2.41. The first-order valence-electron chi connectivity index (χ1n) is 6.83. The van der Waals surface area contributed by atoms with Crippen molar-refractivity contribution in [3.8, 4) is 0 Å². The highest BCUT2D eigenvalue weighted by molar-refractivity contribution is 5.02. The Kier molecular flexibility index (Phi) is 3.21. The minimum atomic E-state index is 0.591. The number of hydrogen-bond donors (Lipinski definition) is 1. The Morgan fingerprint density at radius 2 is 2.47 bits per heavy atom. The van der Waals surface area contributed by atoms with Crippen molar-refractivity contribution in [1.29, 1.82) is 0 Å². The van der Waals surface area contributed by atoms with Crippen LogP contribution in [-0.2, 0) is 6.42 Å². The molecule has 2 saturated heterocycles. The van der Waals surface area contributed by atoms with E-state index in [1.807, 2.05) is 6.07 Å². The van der Waals surface area contributed by atoms with E-state index in [1.54, 1.807) is 6.26 Å². The van der Waals surface area contributed by atoms with Gasteiger partial charge in [-0.15, -0.1) is 0 Å². The number of furan rings is 1. The molecule has 1 N–H and O–H groups in total. The summed E-state index contributed by atoms with van der Waals surface area (Å²) in [4.78, 5) is 2.62. The number of likely N-dealkylation sites (tertiary alicyclic amines) is 1. The van der Waals surface area contributed by atoms with E-state index < -0.39 is 0 Å². The number of rotatable bonds is 3. The third-order valence-electron chi connectivity index (χ3n) is 4.33. The molecule has 17 heavy (non-hydrogen) atoms. The molecule has 0 amide bonds. The van der Waals surface area contributed by atoms with Gasteiger partial charge in [0.15, 0.2) is 0 Å². The van der Waals surface area contributed by atoms with E-state index in [1.165, 1.54) is 32.5 Å². The van der Waals surface area contributed by atoms with Crippen LogP contribution < -0.4 is 5.32 Å². The Labute approximate surface area is 103 Å². The van der Waals surface area contributed by atoms with Crippen LogP contribution >= 0.6 is 0 Å². The second-order valence-electron chi connectivity index (χ2n) is 5.55. The average molecular weight is 234 g/mol. The van der Waals surface area contributed by atoms with Crippen LogP contribution in [0.4, 0.5) is 0 Å². The zero-order valence-corrected chi connectivity index (χ0v) is 10.6. The Balaban J connectivity index is 1.58. The quantitative estimate of drug-likeness (QED) is 0.866. The van der Waals surface area contributed by atoms with Crippen molar-refractivity contribution in [2.24, 2.45) is 5.92 Å². The normalized spacial score (nSPS) is 31.4. The summed E-state index contributed by atoms with van der Waals surface area (Å²) in [7, 11) is 0. The van der Waals surface area contributed by atoms with Gasteiger partial charge in [-0.3, -0.25) is 4.90 Å². The van der Waals surface area contributed by atoms with E-state index in [2.05, 4.69) is 23.2 Å². The average Bonchev–Trinajstić information content (AvgIpc) is 2.96. The maximum atomic E-state index is 5.44. The maximum absolute atomic E-state index is 5.44. The van der Waals surface area contributed by atoms with Gasteiger partial charge in [-0.1, -0.05) is 0 Å². The van der Waals surface area contributed by atoms with Crippen LogP contribution in [0.5, 0.6) is 0 Å². The lowest BCUT2D eigenvalue weighted by molar-refractivity contribution is 0.237. The third kappa shape index (κ3) is 2.40. The molecule has 1 aromatic rings. The summed E-state index contributed by atoms with van der Waals surface area (Å²) in [6, 6.07) is 5.39. The molecule has 3 heteroatoms. The van der Waals surface area contributed by atoms with Crippen molar-refractivity contribution in [2.45, 2.75) is 38.3 Å². The van der Waals surface area contributed by atoms with Gasteiger partial charge < -0.3 is 9.73 Å². The van der Waals surface area contributed by atoms with Crippen LogP contribution in [0.15, 0.2) is 22.8 Å². The van der Waals surface area contributed by atoms with E-state index >= 15 is 0 Å². The smallest absolute Gasteiger partial charge is 0.105 e. The van der Waals surface area contributed by atoms with Crippen molar-refractivity contribution < 1.29 is 4.42 Å². The first kappa shape index (κ1) is 11.3. The summed E-state index contributed by atoms with van der Waals surface area (Å²) in [5, 5.41) is 3.66. The molecule has 94 valence electrons. The van der Waals surface area contributed by atoms with Gasteiger partial charge in [0.25, 0.3) is 0 Å². The van der Waals surface area contributed by atoms with Crippen LogP contribution in [0, 0.1) is 5.92 Å². The van der Waals surface area contributed by atoms with Gasteiger partial charge in [0.2, 0.25) is 0 Å². The summed E-state index contributed by atoms with van der Waals surface area (Å²) in [6.45, 7) is 6.01. The number of hydrogen-bond acceptors (Lipinski definition) is 3. The molecule has 2 fully saturated rings. The van der Waals surface area contributed by atoms with Gasteiger partial charge in [0.1, 0.15) is 5.76 Å². The summed E-state index contributed by atoms with van der Waals surface area (Å²) in [5.41, 5.74) is 0. The minimum Gasteiger partial charge on any atom is -0.469 e. The Morgan fingerprint density at radius 1 is 1.53 bits per heavy atom. The zero-order valence-electron chi connectivity index (χ0n) is 10.6. The fourth-order valence-corrected chi connectivity index (χ4v) is 3.29. The highest BCUT2D eigenvalue weighted by atomic mass is 16.3. The molecule has 3 rings (SSSR count). The second-order valence-corrected chi connectivity index (χ2v) is 5.55. The van der Waals surface area contributed by atoms with E-state index in [-0.39, 0.29) is 0 Å². The second kappa shape index (κ2) is 4.83. The molecule has 2 aliphatic rings. The van der Waals surface area contributed by atoms with Crippen LogP contribution in [0.25, 0.3) is 0 Å². The number of nitrogens with one attached hydrogen (secondary N) is 1. The lowest BCUT2D eigenvalue weighted by atomic mass is 9.94. The zero-order chi connectivity index (χ0) is 11.7. The van der Waals surface area contributed by atoms with Crippen molar-refractivity contribution in [2.75, 3.05) is 19.6 Å². The van der Waals surface area contributed by atoms with E-state index in [0.29, 0.717) is 6.04 Å². The van der Waals surface area contributed by atoms with Crippen molar-refractivity contribution in [1.82, 2.24) is 10.2 Å². The van der Waals surface area contributed by atoms with Gasteiger partial charge in [0.05, 0.1) is 6.26 Å². The van der Waals surface area contributed by atoms with E-state index in [4.69, 9.17) is 4.42 Å². The fraction of sp³-hybridized carbons (Fsp3) is 0.714. The monoisotopic (exact) mass is 234 g/mol. The van der Waals surface area contributed by atoms with E-state index in [0.717, 1.165) is 24.1 Å². The molecule has 0 aromatic carbocycles. The van der Waals surface area contributed by atoms with Gasteiger partial charge in [-0.2, -0.15) is 0 Å². The van der Waals surface area contributed by atoms with Crippen LogP contribution in [0.2, 0.25) is 0 Å².